The molecular weight excluding hydrogens is 212 g/mol. The summed E-state index contributed by atoms with van der Waals surface area (Å²) in [7, 11) is 0. The van der Waals surface area contributed by atoms with Crippen LogP contribution in [0.5, 0.6) is 5.75 Å². The van der Waals surface area contributed by atoms with E-state index in [9.17, 15) is 9.90 Å². The zero-order valence-electron chi connectivity index (χ0n) is 8.10. The molecule has 2 rings (SSSR count). The number of hydrogen-bond donors (Lipinski definition) is 2. The molecule has 78 valence electrons. The first kappa shape index (κ1) is 9.92. The average Bonchev–Trinajstić information content (AvgIpc) is 2.41. The number of carbonyl (C=O) groups is 1. The molecule has 1 aliphatic heterocycles. The molecule has 4 nitrogen and oxygen atoms in total. The quantitative estimate of drug-likeness (QED) is 0.696. The Morgan fingerprint density at radius 1 is 1.53 bits per heavy atom. The number of hydrogen-bond acceptors (Lipinski definition) is 3. The molecule has 0 saturated carbocycles. The smallest absolute Gasteiger partial charge is 0.255 e. The maximum atomic E-state index is 11.7. The van der Waals surface area contributed by atoms with E-state index in [2.05, 4.69) is 5.32 Å². The minimum atomic E-state index is -0.306. The lowest BCUT2D eigenvalue weighted by atomic mass is 10.2. The first-order chi connectivity index (χ1) is 7.09. The van der Waals surface area contributed by atoms with Gasteiger partial charge in [0.2, 0.25) is 0 Å². The van der Waals surface area contributed by atoms with Crippen LogP contribution >= 0.6 is 12.2 Å². The Balaban J connectivity index is 2.39. The second-order valence-electron chi connectivity index (χ2n) is 3.36. The number of nitrogens with one attached hydrogen (secondary N) is 1. The van der Waals surface area contributed by atoms with E-state index in [4.69, 9.17) is 12.2 Å². The maximum absolute atomic E-state index is 11.7. The van der Waals surface area contributed by atoms with Gasteiger partial charge >= 0.3 is 0 Å². The van der Waals surface area contributed by atoms with Crippen molar-refractivity contribution >= 4 is 28.9 Å². The Bertz CT molecular complexity index is 433. The van der Waals surface area contributed by atoms with E-state index in [1.807, 2.05) is 0 Å². The van der Waals surface area contributed by atoms with Gasteiger partial charge < -0.3 is 10.4 Å². The summed E-state index contributed by atoms with van der Waals surface area (Å²) in [6, 6.07) is 6.14. The zero-order chi connectivity index (χ0) is 11.0. The van der Waals surface area contributed by atoms with Crippen LogP contribution in [-0.2, 0) is 4.79 Å². The molecule has 1 aliphatic rings. The highest BCUT2D eigenvalue weighted by molar-refractivity contribution is 7.80. The molecule has 0 bridgehead atoms. The van der Waals surface area contributed by atoms with Crippen LogP contribution in [-0.4, -0.2) is 22.2 Å². The van der Waals surface area contributed by atoms with Crippen molar-refractivity contribution in [2.45, 2.75) is 13.0 Å². The SMILES string of the molecule is CC1NC(=S)N(c2cccc(O)c2)C1=O. The fourth-order valence-electron chi connectivity index (χ4n) is 1.48. The van der Waals surface area contributed by atoms with E-state index in [0.29, 0.717) is 10.8 Å². The van der Waals surface area contributed by atoms with Crippen LogP contribution < -0.4 is 10.2 Å². The molecule has 0 spiro atoms. The molecule has 1 aromatic rings. The van der Waals surface area contributed by atoms with E-state index in [-0.39, 0.29) is 17.7 Å². The topological polar surface area (TPSA) is 52.6 Å². The van der Waals surface area contributed by atoms with Gasteiger partial charge in [-0.05, 0) is 31.3 Å². The van der Waals surface area contributed by atoms with Gasteiger partial charge in [-0.2, -0.15) is 0 Å². The van der Waals surface area contributed by atoms with Crippen molar-refractivity contribution < 1.29 is 9.90 Å². The molecule has 1 amide bonds. The van der Waals surface area contributed by atoms with Crippen LogP contribution in [0.15, 0.2) is 24.3 Å². The highest BCUT2D eigenvalue weighted by Gasteiger charge is 2.33. The van der Waals surface area contributed by atoms with Crippen LogP contribution in [0, 0.1) is 0 Å². The largest absolute Gasteiger partial charge is 0.508 e. The van der Waals surface area contributed by atoms with Crippen LogP contribution in [0.3, 0.4) is 0 Å². The van der Waals surface area contributed by atoms with E-state index in [0.717, 1.165) is 0 Å². The van der Waals surface area contributed by atoms with Gasteiger partial charge in [-0.25, -0.2) is 0 Å². The number of phenolic OH excluding ortho intramolecular Hbond substituents is 1. The number of anilines is 1. The zero-order valence-corrected chi connectivity index (χ0v) is 8.91. The van der Waals surface area contributed by atoms with Crippen molar-refractivity contribution in [2.24, 2.45) is 0 Å². The third-order valence-electron chi connectivity index (χ3n) is 2.22. The molecule has 1 aromatic carbocycles. The molecule has 15 heavy (non-hydrogen) atoms. The third kappa shape index (κ3) is 1.66. The summed E-state index contributed by atoms with van der Waals surface area (Å²) >= 11 is 5.03. The van der Waals surface area contributed by atoms with Crippen molar-refractivity contribution in [1.29, 1.82) is 0 Å². The summed E-state index contributed by atoms with van der Waals surface area (Å²) < 4.78 is 0. The van der Waals surface area contributed by atoms with Gasteiger partial charge in [0, 0.05) is 6.07 Å². The van der Waals surface area contributed by atoms with Gasteiger partial charge in [0.05, 0.1) is 5.69 Å². The van der Waals surface area contributed by atoms with Gasteiger partial charge in [-0.1, -0.05) is 6.07 Å². The number of benzene rings is 1. The number of nitrogens with zero attached hydrogens (tertiary/aromatic N) is 1. The first-order valence-corrected chi connectivity index (χ1v) is 4.94. The van der Waals surface area contributed by atoms with Crippen molar-refractivity contribution in [3.05, 3.63) is 24.3 Å². The minimum Gasteiger partial charge on any atom is -0.508 e. The Morgan fingerprint density at radius 2 is 2.27 bits per heavy atom. The lowest BCUT2D eigenvalue weighted by Gasteiger charge is -2.14. The number of aromatic hydroxyl groups is 1. The molecule has 0 aromatic heterocycles. The van der Waals surface area contributed by atoms with E-state index in [1.54, 1.807) is 25.1 Å². The fourth-order valence-corrected chi connectivity index (χ4v) is 1.85. The maximum Gasteiger partial charge on any atom is 0.255 e. The van der Waals surface area contributed by atoms with Crippen molar-refractivity contribution in [3.8, 4) is 5.75 Å². The van der Waals surface area contributed by atoms with Gasteiger partial charge in [0.15, 0.2) is 5.11 Å². The predicted molar refractivity (Wildman–Crippen MR) is 60.8 cm³/mol. The summed E-state index contributed by atoms with van der Waals surface area (Å²) in [5.41, 5.74) is 0.585. The van der Waals surface area contributed by atoms with Gasteiger partial charge in [-0.3, -0.25) is 9.69 Å². The second-order valence-corrected chi connectivity index (χ2v) is 3.75. The number of amides is 1. The van der Waals surface area contributed by atoms with Crippen molar-refractivity contribution in [3.63, 3.8) is 0 Å². The average molecular weight is 222 g/mol. The Kier molecular flexibility index (Phi) is 2.32. The lowest BCUT2D eigenvalue weighted by Crippen LogP contribution is -2.30. The van der Waals surface area contributed by atoms with E-state index in [1.165, 1.54) is 11.0 Å². The third-order valence-corrected chi connectivity index (χ3v) is 2.52. The number of rotatable bonds is 1. The standard InChI is InChI=1S/C10H10N2O2S/c1-6-9(14)12(10(15)11-6)7-3-2-4-8(13)5-7/h2-6,13H,1H3,(H,11,15). The van der Waals surface area contributed by atoms with Crippen LogP contribution in [0.1, 0.15) is 6.92 Å². The molecule has 1 fully saturated rings. The minimum absolute atomic E-state index is 0.106. The highest BCUT2D eigenvalue weighted by atomic mass is 32.1. The van der Waals surface area contributed by atoms with E-state index < -0.39 is 0 Å². The summed E-state index contributed by atoms with van der Waals surface area (Å²) in [5, 5.41) is 12.5. The lowest BCUT2D eigenvalue weighted by molar-refractivity contribution is -0.117. The van der Waals surface area contributed by atoms with E-state index >= 15 is 0 Å². The van der Waals surface area contributed by atoms with Gasteiger partial charge in [-0.15, -0.1) is 0 Å². The molecule has 0 radical (unpaired) electrons. The molecule has 2 N–H and O–H groups in total. The Morgan fingerprint density at radius 3 is 2.80 bits per heavy atom. The predicted octanol–water partition coefficient (Wildman–Crippen LogP) is 1.00. The van der Waals surface area contributed by atoms with Crippen LogP contribution in [0.25, 0.3) is 0 Å². The summed E-state index contributed by atoms with van der Waals surface area (Å²) in [6.07, 6.45) is 0. The first-order valence-electron chi connectivity index (χ1n) is 4.53. The molecular formula is C10H10N2O2S. The Hall–Kier alpha value is -1.62. The molecule has 1 heterocycles. The number of carbonyl (C=O) groups excluding carboxylic acids is 1. The number of thiocarbonyl (C=S) groups is 1. The molecule has 1 unspecified atom stereocenters. The van der Waals surface area contributed by atoms with Crippen LogP contribution in [0.2, 0.25) is 0 Å². The summed E-state index contributed by atoms with van der Waals surface area (Å²) in [4.78, 5) is 13.1. The molecule has 0 aliphatic carbocycles. The Labute approximate surface area is 92.5 Å². The molecule has 1 saturated heterocycles. The number of phenols is 1. The fraction of sp³-hybridized carbons (Fsp3) is 0.200. The van der Waals surface area contributed by atoms with Gasteiger partial charge in [0.1, 0.15) is 11.8 Å². The van der Waals surface area contributed by atoms with Crippen LogP contribution in [0.4, 0.5) is 5.69 Å². The molecule has 5 heteroatoms. The monoisotopic (exact) mass is 222 g/mol. The van der Waals surface area contributed by atoms with Crippen molar-refractivity contribution in [2.75, 3.05) is 4.90 Å². The molecule has 1 atom stereocenters. The van der Waals surface area contributed by atoms with Crippen molar-refractivity contribution in [1.82, 2.24) is 5.32 Å². The summed E-state index contributed by atoms with van der Waals surface area (Å²) in [6.45, 7) is 1.75. The summed E-state index contributed by atoms with van der Waals surface area (Å²) in [5.74, 6) is 0.00764. The normalized spacial score (nSPS) is 20.6. The second kappa shape index (κ2) is 3.51. The highest BCUT2D eigenvalue weighted by Crippen LogP contribution is 2.23. The van der Waals surface area contributed by atoms with Gasteiger partial charge in [0.25, 0.3) is 5.91 Å².